The third kappa shape index (κ3) is 7.09. The van der Waals surface area contributed by atoms with Crippen molar-refractivity contribution in [3.63, 3.8) is 0 Å². The molecule has 0 bridgehead atoms. The highest BCUT2D eigenvalue weighted by molar-refractivity contribution is 7.99. The number of hydrogen-bond acceptors (Lipinski definition) is 4. The maximum atomic E-state index is 10.9. The lowest BCUT2D eigenvalue weighted by Gasteiger charge is -2.17. The van der Waals surface area contributed by atoms with Crippen LogP contribution in [0.1, 0.15) is 33.6 Å². The summed E-state index contributed by atoms with van der Waals surface area (Å²) < 4.78 is 0. The van der Waals surface area contributed by atoms with E-state index in [1.807, 2.05) is 13.8 Å². The van der Waals surface area contributed by atoms with Crippen LogP contribution in [-0.2, 0) is 4.79 Å². The smallest absolute Gasteiger partial charge is 0.320 e. The molecule has 3 atom stereocenters. The van der Waals surface area contributed by atoms with Gasteiger partial charge in [0, 0.05) is 5.25 Å². The number of carbonyl (C=O) groups is 1. The molecule has 4 nitrogen and oxygen atoms in total. The maximum Gasteiger partial charge on any atom is 0.320 e. The van der Waals surface area contributed by atoms with Crippen LogP contribution in [0.3, 0.4) is 0 Å². The van der Waals surface area contributed by atoms with Crippen LogP contribution in [0.25, 0.3) is 0 Å². The maximum absolute atomic E-state index is 10.9. The van der Waals surface area contributed by atoms with Crippen molar-refractivity contribution in [1.82, 2.24) is 5.32 Å². The molecule has 0 rings (SSSR count). The number of aliphatic hydroxyl groups is 1. The van der Waals surface area contributed by atoms with Crippen LogP contribution < -0.4 is 5.32 Å². The summed E-state index contributed by atoms with van der Waals surface area (Å²) in [6.07, 6.45) is 1.18. The van der Waals surface area contributed by atoms with Gasteiger partial charge in [-0.15, -0.1) is 0 Å². The van der Waals surface area contributed by atoms with E-state index in [0.29, 0.717) is 6.42 Å². The Balaban J connectivity index is 3.80. The second kappa shape index (κ2) is 8.84. The standard InChI is InChI=1S/C11H23NO3S/c1-4-6-12-10(11(14)15)5-7-16-9(3)8(2)13/h8-10,12-13H,4-7H2,1-3H3,(H,14,15). The van der Waals surface area contributed by atoms with Gasteiger partial charge in [-0.25, -0.2) is 0 Å². The molecule has 0 heterocycles. The third-order valence-corrected chi connectivity index (χ3v) is 3.80. The first-order valence-corrected chi connectivity index (χ1v) is 6.79. The van der Waals surface area contributed by atoms with E-state index in [1.54, 1.807) is 18.7 Å². The zero-order valence-electron chi connectivity index (χ0n) is 10.3. The summed E-state index contributed by atoms with van der Waals surface area (Å²) >= 11 is 1.61. The molecule has 0 saturated carbocycles. The summed E-state index contributed by atoms with van der Waals surface area (Å²) in [5.74, 6) is -0.0431. The molecule has 0 aromatic rings. The van der Waals surface area contributed by atoms with Gasteiger partial charge in [0.25, 0.3) is 0 Å². The van der Waals surface area contributed by atoms with Gasteiger partial charge in [0.05, 0.1) is 6.10 Å². The van der Waals surface area contributed by atoms with Gasteiger partial charge in [-0.3, -0.25) is 4.79 Å². The first-order chi connectivity index (χ1) is 7.49. The lowest BCUT2D eigenvalue weighted by molar-refractivity contribution is -0.139. The van der Waals surface area contributed by atoms with Gasteiger partial charge in [-0.2, -0.15) is 11.8 Å². The number of thioether (sulfide) groups is 1. The zero-order chi connectivity index (χ0) is 12.6. The molecule has 0 spiro atoms. The number of aliphatic carboxylic acids is 1. The third-order valence-electron chi connectivity index (χ3n) is 2.41. The minimum absolute atomic E-state index is 0.153. The average molecular weight is 249 g/mol. The van der Waals surface area contributed by atoms with Crippen LogP contribution in [-0.4, -0.2) is 45.9 Å². The van der Waals surface area contributed by atoms with Crippen molar-refractivity contribution in [2.45, 2.75) is 51.0 Å². The van der Waals surface area contributed by atoms with Crippen LogP contribution in [0.2, 0.25) is 0 Å². The fourth-order valence-corrected chi connectivity index (χ4v) is 2.16. The van der Waals surface area contributed by atoms with Crippen molar-refractivity contribution in [3.05, 3.63) is 0 Å². The fourth-order valence-electron chi connectivity index (χ4n) is 1.14. The van der Waals surface area contributed by atoms with Crippen molar-refractivity contribution in [2.75, 3.05) is 12.3 Å². The first kappa shape index (κ1) is 15.7. The Morgan fingerprint density at radius 3 is 2.50 bits per heavy atom. The zero-order valence-corrected chi connectivity index (χ0v) is 11.1. The van der Waals surface area contributed by atoms with Gasteiger partial charge in [0.2, 0.25) is 0 Å². The summed E-state index contributed by atoms with van der Waals surface area (Å²) in [5.41, 5.74) is 0. The van der Waals surface area contributed by atoms with E-state index in [0.717, 1.165) is 18.7 Å². The molecular weight excluding hydrogens is 226 g/mol. The second-order valence-corrected chi connectivity index (χ2v) is 5.44. The summed E-state index contributed by atoms with van der Waals surface area (Å²) in [6, 6.07) is -0.464. The Morgan fingerprint density at radius 1 is 1.44 bits per heavy atom. The molecule has 0 amide bonds. The highest BCUT2D eigenvalue weighted by Gasteiger charge is 2.17. The Kier molecular flexibility index (Phi) is 8.70. The van der Waals surface area contributed by atoms with E-state index in [4.69, 9.17) is 5.11 Å². The molecule has 0 radical (unpaired) electrons. The molecule has 0 aromatic heterocycles. The number of carboxylic acids is 1. The van der Waals surface area contributed by atoms with Crippen LogP contribution in [0.15, 0.2) is 0 Å². The summed E-state index contributed by atoms with van der Waals surface area (Å²) in [5, 5.41) is 21.4. The largest absolute Gasteiger partial charge is 0.480 e. The van der Waals surface area contributed by atoms with Crippen LogP contribution in [0.4, 0.5) is 0 Å². The molecule has 0 aliphatic carbocycles. The number of rotatable bonds is 9. The molecular formula is C11H23NO3S. The number of hydrogen-bond donors (Lipinski definition) is 3. The molecule has 3 unspecified atom stereocenters. The van der Waals surface area contributed by atoms with Crippen LogP contribution in [0, 0.1) is 0 Å². The molecule has 3 N–H and O–H groups in total. The van der Waals surface area contributed by atoms with Crippen LogP contribution in [0.5, 0.6) is 0 Å². The van der Waals surface area contributed by atoms with E-state index in [9.17, 15) is 9.90 Å². The second-order valence-electron chi connectivity index (χ2n) is 3.95. The van der Waals surface area contributed by atoms with Gasteiger partial charge in [-0.1, -0.05) is 13.8 Å². The van der Waals surface area contributed by atoms with Crippen LogP contribution >= 0.6 is 11.8 Å². The summed E-state index contributed by atoms with van der Waals surface area (Å²) in [7, 11) is 0. The highest BCUT2D eigenvalue weighted by atomic mass is 32.2. The normalized spacial score (nSPS) is 16.8. The van der Waals surface area contributed by atoms with Gasteiger partial charge < -0.3 is 15.5 Å². The van der Waals surface area contributed by atoms with Gasteiger partial charge in [-0.05, 0) is 32.1 Å². The fraction of sp³-hybridized carbons (Fsp3) is 0.909. The first-order valence-electron chi connectivity index (χ1n) is 5.74. The SMILES string of the molecule is CCCNC(CCSC(C)C(C)O)C(=O)O. The molecule has 5 heteroatoms. The molecule has 0 aliphatic heterocycles. The van der Waals surface area contributed by atoms with Crippen molar-refractivity contribution in [3.8, 4) is 0 Å². The molecule has 16 heavy (non-hydrogen) atoms. The van der Waals surface area contributed by atoms with Gasteiger partial charge in [0.15, 0.2) is 0 Å². The lowest BCUT2D eigenvalue weighted by atomic mass is 10.2. The Bertz CT molecular complexity index is 200. The van der Waals surface area contributed by atoms with Crippen molar-refractivity contribution >= 4 is 17.7 Å². The summed E-state index contributed by atoms with van der Waals surface area (Å²) in [4.78, 5) is 10.9. The van der Waals surface area contributed by atoms with Crippen molar-refractivity contribution in [2.24, 2.45) is 0 Å². The lowest BCUT2D eigenvalue weighted by Crippen LogP contribution is -2.37. The van der Waals surface area contributed by atoms with E-state index in [2.05, 4.69) is 5.32 Å². The summed E-state index contributed by atoms with van der Waals surface area (Å²) in [6.45, 7) is 6.44. The quantitative estimate of drug-likeness (QED) is 0.575. The number of carboxylic acid groups (broad SMARTS) is 1. The molecule has 0 saturated heterocycles. The number of aliphatic hydroxyl groups excluding tert-OH is 1. The highest BCUT2D eigenvalue weighted by Crippen LogP contribution is 2.16. The minimum atomic E-state index is -0.793. The van der Waals surface area contributed by atoms with E-state index in [1.165, 1.54) is 0 Å². The van der Waals surface area contributed by atoms with E-state index in [-0.39, 0.29) is 11.4 Å². The topological polar surface area (TPSA) is 69.6 Å². The molecule has 96 valence electrons. The predicted molar refractivity (Wildman–Crippen MR) is 67.9 cm³/mol. The average Bonchev–Trinajstić information content (AvgIpc) is 2.21. The van der Waals surface area contributed by atoms with Crippen molar-refractivity contribution < 1.29 is 15.0 Å². The minimum Gasteiger partial charge on any atom is -0.480 e. The van der Waals surface area contributed by atoms with Gasteiger partial charge in [0.1, 0.15) is 6.04 Å². The Hall–Kier alpha value is -0.260. The van der Waals surface area contributed by atoms with E-state index < -0.39 is 12.0 Å². The Labute approximate surface area is 102 Å². The number of nitrogens with one attached hydrogen (secondary N) is 1. The molecule has 0 aromatic carbocycles. The monoisotopic (exact) mass is 249 g/mol. The Morgan fingerprint density at radius 2 is 2.06 bits per heavy atom. The van der Waals surface area contributed by atoms with E-state index >= 15 is 0 Å². The van der Waals surface area contributed by atoms with Crippen molar-refractivity contribution in [1.29, 1.82) is 0 Å². The molecule has 0 aliphatic rings. The molecule has 0 fully saturated rings. The van der Waals surface area contributed by atoms with Gasteiger partial charge >= 0.3 is 5.97 Å². The predicted octanol–water partition coefficient (Wildman–Crippen LogP) is 1.33.